The van der Waals surface area contributed by atoms with Gasteiger partial charge in [-0.25, -0.2) is 4.98 Å². The summed E-state index contributed by atoms with van der Waals surface area (Å²) in [7, 11) is 0. The number of hydrazine groups is 1. The van der Waals surface area contributed by atoms with Crippen LogP contribution in [0.3, 0.4) is 0 Å². The molecule has 0 aliphatic rings. The van der Waals surface area contributed by atoms with E-state index in [1.54, 1.807) is 0 Å². The van der Waals surface area contributed by atoms with Gasteiger partial charge in [-0.3, -0.25) is 15.0 Å². The second kappa shape index (κ2) is 10.9. The number of nitrogens with one attached hydrogen (secondary N) is 1. The monoisotopic (exact) mass is 663 g/mol. The second-order valence-electron chi connectivity index (χ2n) is 8.18. The summed E-state index contributed by atoms with van der Waals surface area (Å²) >= 11 is -0.166. The molecule has 2 aromatic carbocycles. The number of halogens is 15. The Morgan fingerprint density at radius 2 is 0.953 bits per heavy atom. The predicted octanol–water partition coefficient (Wildman–Crippen LogP) is 8.23. The van der Waals surface area contributed by atoms with Crippen LogP contribution < -0.4 is 10.4 Å². The van der Waals surface area contributed by atoms with Crippen LogP contribution in [0.5, 0.6) is 0 Å². The van der Waals surface area contributed by atoms with E-state index in [-0.39, 0.29) is 41.0 Å². The van der Waals surface area contributed by atoms with Gasteiger partial charge in [0, 0.05) is 16.5 Å². The Balaban J connectivity index is 2.20. The summed E-state index contributed by atoms with van der Waals surface area (Å²) in [6.07, 6.45) is -27.3. The van der Waals surface area contributed by atoms with Crippen molar-refractivity contribution in [1.29, 1.82) is 0 Å². The van der Waals surface area contributed by atoms with E-state index in [4.69, 9.17) is 0 Å². The van der Waals surface area contributed by atoms with Gasteiger partial charge in [0.25, 0.3) is 11.8 Å². The number of carbonyl (C=O) groups excluding carboxylic acids is 2. The number of aromatic nitrogens is 1. The summed E-state index contributed by atoms with van der Waals surface area (Å²) in [5, 5.41) is -1.56. The molecule has 0 spiro atoms. The highest BCUT2D eigenvalue weighted by molar-refractivity contribution is 7.14. The van der Waals surface area contributed by atoms with E-state index in [1.807, 2.05) is 0 Å². The molecular formula is C22H8F15N3O2S. The number of alkyl halides is 15. The van der Waals surface area contributed by atoms with Crippen LogP contribution in [-0.2, 0) is 30.9 Å². The van der Waals surface area contributed by atoms with Crippen LogP contribution in [0.4, 0.5) is 71.0 Å². The van der Waals surface area contributed by atoms with Crippen molar-refractivity contribution < 1.29 is 75.4 Å². The Morgan fingerprint density at radius 1 is 0.581 bits per heavy atom. The number of nitrogens with zero attached hydrogens (tertiary/aromatic N) is 2. The first-order chi connectivity index (χ1) is 19.3. The van der Waals surface area contributed by atoms with Crippen LogP contribution in [0.2, 0.25) is 0 Å². The normalized spacial score (nSPS) is 13.2. The summed E-state index contributed by atoms with van der Waals surface area (Å²) in [6, 6.07) is -1.55. The average Bonchev–Trinajstić information content (AvgIpc) is 3.35. The zero-order valence-electron chi connectivity index (χ0n) is 19.8. The molecule has 234 valence electrons. The molecule has 0 aliphatic heterocycles. The number of thiazole rings is 1. The summed E-state index contributed by atoms with van der Waals surface area (Å²) in [5.41, 5.74) is -11.8. The quantitative estimate of drug-likeness (QED) is 0.227. The second-order valence-corrected chi connectivity index (χ2v) is 9.02. The van der Waals surface area contributed by atoms with Gasteiger partial charge in [-0.05, 0) is 36.4 Å². The Bertz CT molecular complexity index is 1470. The van der Waals surface area contributed by atoms with Crippen LogP contribution >= 0.6 is 11.3 Å². The molecule has 3 aromatic rings. The van der Waals surface area contributed by atoms with Crippen molar-refractivity contribution in [2.75, 3.05) is 5.01 Å². The van der Waals surface area contributed by atoms with E-state index in [0.717, 1.165) is 0 Å². The topological polar surface area (TPSA) is 62.3 Å². The summed E-state index contributed by atoms with van der Waals surface area (Å²) in [5.74, 6) is -4.20. The minimum absolute atomic E-state index is 0.164. The molecule has 0 unspecified atom stereocenters. The van der Waals surface area contributed by atoms with E-state index in [1.165, 1.54) is 5.43 Å². The van der Waals surface area contributed by atoms with Gasteiger partial charge >= 0.3 is 30.9 Å². The zero-order valence-corrected chi connectivity index (χ0v) is 20.6. The maximum Gasteiger partial charge on any atom is 0.434 e. The third-order valence-corrected chi connectivity index (χ3v) is 5.90. The Hall–Kier alpha value is -4.04. The largest absolute Gasteiger partial charge is 0.434 e. The maximum absolute atomic E-state index is 13.3. The summed E-state index contributed by atoms with van der Waals surface area (Å²) < 4.78 is 198. The minimum Gasteiger partial charge on any atom is -0.267 e. The van der Waals surface area contributed by atoms with Gasteiger partial charge in [-0.2, -0.15) is 70.9 Å². The van der Waals surface area contributed by atoms with Crippen molar-refractivity contribution in [3.05, 3.63) is 80.9 Å². The summed E-state index contributed by atoms with van der Waals surface area (Å²) in [4.78, 5) is 28.7. The molecule has 1 heterocycles. The van der Waals surface area contributed by atoms with Crippen molar-refractivity contribution in [1.82, 2.24) is 10.4 Å². The molecule has 21 heteroatoms. The highest BCUT2D eigenvalue weighted by Crippen LogP contribution is 2.39. The number of benzene rings is 2. The van der Waals surface area contributed by atoms with Gasteiger partial charge in [0.15, 0.2) is 5.69 Å². The smallest absolute Gasteiger partial charge is 0.267 e. The van der Waals surface area contributed by atoms with Gasteiger partial charge in [-0.15, -0.1) is 11.3 Å². The first kappa shape index (κ1) is 33.5. The van der Waals surface area contributed by atoms with E-state index < -0.39 is 104 Å². The standard InChI is InChI=1S/C22H8F15N3O2S/c23-18(24,25)10-1-8(2-11(5-10)19(26,27)28)15(41)39-40(17-38-14(7-43-17)22(35,36)37)16(42)9-3-12(20(29,30)31)6-13(4-9)21(32,33)34/h1-7H,(H,39,41). The van der Waals surface area contributed by atoms with Gasteiger partial charge in [-0.1, -0.05) is 0 Å². The van der Waals surface area contributed by atoms with Crippen molar-refractivity contribution >= 4 is 28.3 Å². The van der Waals surface area contributed by atoms with E-state index in [2.05, 4.69) is 4.98 Å². The van der Waals surface area contributed by atoms with Gasteiger partial charge in [0.05, 0.1) is 22.3 Å². The molecule has 0 fully saturated rings. The molecule has 0 radical (unpaired) electrons. The molecule has 0 bridgehead atoms. The molecule has 0 atom stereocenters. The lowest BCUT2D eigenvalue weighted by Crippen LogP contribution is -2.47. The fourth-order valence-corrected chi connectivity index (χ4v) is 3.93. The first-order valence-electron chi connectivity index (χ1n) is 10.6. The van der Waals surface area contributed by atoms with E-state index in [9.17, 15) is 75.4 Å². The number of rotatable bonds is 3. The highest BCUT2D eigenvalue weighted by Gasteiger charge is 2.41. The van der Waals surface area contributed by atoms with Crippen molar-refractivity contribution in [2.24, 2.45) is 0 Å². The fourth-order valence-electron chi connectivity index (χ4n) is 3.14. The van der Waals surface area contributed by atoms with Crippen molar-refractivity contribution in [2.45, 2.75) is 30.9 Å². The lowest BCUT2D eigenvalue weighted by Gasteiger charge is -2.22. The molecule has 43 heavy (non-hydrogen) atoms. The van der Waals surface area contributed by atoms with Crippen LogP contribution in [0.25, 0.3) is 0 Å². The van der Waals surface area contributed by atoms with Crippen molar-refractivity contribution in [3.63, 3.8) is 0 Å². The molecule has 0 saturated carbocycles. The molecule has 5 nitrogen and oxygen atoms in total. The number of anilines is 1. The van der Waals surface area contributed by atoms with E-state index in [0.29, 0.717) is 0 Å². The van der Waals surface area contributed by atoms with Gasteiger partial charge in [0.1, 0.15) is 0 Å². The molecule has 2 amide bonds. The Kier molecular flexibility index (Phi) is 8.49. The first-order valence-corrected chi connectivity index (χ1v) is 11.4. The molecule has 3 rings (SSSR count). The molecule has 0 saturated heterocycles. The number of hydrogen-bond acceptors (Lipinski definition) is 4. The summed E-state index contributed by atoms with van der Waals surface area (Å²) in [6.45, 7) is 0. The lowest BCUT2D eigenvalue weighted by molar-refractivity contribution is -0.144. The molecule has 0 aliphatic carbocycles. The predicted molar refractivity (Wildman–Crippen MR) is 114 cm³/mol. The zero-order chi connectivity index (χ0) is 32.9. The van der Waals surface area contributed by atoms with Crippen LogP contribution in [0.15, 0.2) is 41.8 Å². The maximum atomic E-state index is 13.3. The Morgan fingerprint density at radius 3 is 1.28 bits per heavy atom. The SMILES string of the molecule is O=C(NN(C(=O)c1cc(C(F)(F)F)cc(C(F)(F)F)c1)c1nc(C(F)(F)F)cs1)c1cc(C(F)(F)F)cc(C(F)(F)F)c1. The molecular weight excluding hydrogens is 655 g/mol. The third-order valence-electron chi connectivity index (χ3n) is 5.07. The Labute approximate surface area is 231 Å². The van der Waals surface area contributed by atoms with Crippen LogP contribution in [-0.4, -0.2) is 16.8 Å². The van der Waals surface area contributed by atoms with Gasteiger partial charge in [0.2, 0.25) is 5.13 Å². The van der Waals surface area contributed by atoms with E-state index >= 15 is 0 Å². The third kappa shape index (κ3) is 7.87. The number of amides is 2. The highest BCUT2D eigenvalue weighted by atomic mass is 32.1. The van der Waals surface area contributed by atoms with Gasteiger partial charge < -0.3 is 0 Å². The minimum atomic E-state index is -5.53. The van der Waals surface area contributed by atoms with Crippen molar-refractivity contribution in [3.8, 4) is 0 Å². The molecule has 1 aromatic heterocycles. The average molecular weight is 663 g/mol. The number of hydrogen-bond donors (Lipinski definition) is 1. The number of carbonyl (C=O) groups is 2. The van der Waals surface area contributed by atoms with Crippen LogP contribution in [0.1, 0.15) is 48.7 Å². The lowest BCUT2D eigenvalue weighted by atomic mass is 10.0. The fraction of sp³-hybridized carbons (Fsp3) is 0.227. The van der Waals surface area contributed by atoms with Crippen LogP contribution in [0, 0.1) is 0 Å². The molecule has 1 N–H and O–H groups in total.